The highest BCUT2D eigenvalue weighted by atomic mass is 79.9. The van der Waals surface area contributed by atoms with Crippen LogP contribution in [0.4, 0.5) is 11.6 Å². The van der Waals surface area contributed by atoms with Crippen molar-refractivity contribution in [3.05, 3.63) is 116 Å². The zero-order valence-corrected chi connectivity index (χ0v) is 26.5. The van der Waals surface area contributed by atoms with Crippen LogP contribution >= 0.6 is 15.9 Å². The van der Waals surface area contributed by atoms with Gasteiger partial charge < -0.3 is 19.3 Å². The summed E-state index contributed by atoms with van der Waals surface area (Å²) in [6, 6.07) is 21.3. The van der Waals surface area contributed by atoms with Crippen LogP contribution in [0.5, 0.6) is 0 Å². The Kier molecular flexibility index (Phi) is 8.50. The number of halogens is 1. The monoisotopic (exact) mass is 650 g/mol. The number of nitrogens with zero attached hydrogens (tertiary/aromatic N) is 6. The summed E-state index contributed by atoms with van der Waals surface area (Å²) in [6.07, 6.45) is 3.76. The number of fused-ring (bicyclic) bond motifs is 2. The van der Waals surface area contributed by atoms with E-state index in [1.807, 2.05) is 18.5 Å². The van der Waals surface area contributed by atoms with E-state index in [0.717, 1.165) is 104 Å². The molecule has 6 heterocycles. The Morgan fingerprint density at radius 1 is 0.614 bits per heavy atom. The molecule has 2 aromatic heterocycles. The zero-order valence-electron chi connectivity index (χ0n) is 24.9. The number of aryl methyl sites for hydroxylation is 1. The van der Waals surface area contributed by atoms with Crippen molar-refractivity contribution >= 4 is 39.0 Å². The Balaban J connectivity index is 0.000000142. The minimum absolute atomic E-state index is 0.749. The van der Waals surface area contributed by atoms with Gasteiger partial charge in [0.05, 0.1) is 50.9 Å². The van der Waals surface area contributed by atoms with Crippen LogP contribution in [0.25, 0.3) is 0 Å². The van der Waals surface area contributed by atoms with Gasteiger partial charge in [-0.3, -0.25) is 9.98 Å². The second kappa shape index (κ2) is 13.0. The summed E-state index contributed by atoms with van der Waals surface area (Å²) in [5, 5.41) is 0. The second-order valence-corrected chi connectivity index (χ2v) is 12.2. The van der Waals surface area contributed by atoms with E-state index in [9.17, 15) is 0 Å². The van der Waals surface area contributed by atoms with Crippen LogP contribution in [-0.2, 0) is 22.6 Å². The molecule has 8 nitrogen and oxygen atoms in total. The molecule has 0 spiro atoms. The SMILES string of the molecule is Brc1ccc2c(c1)CN=C2c1ccnc(N2CCOCC2)c1.Cc1ccc2c(c1)CN=C2c1ccnc(N2CCOCC2)c1. The highest BCUT2D eigenvalue weighted by Crippen LogP contribution is 2.28. The van der Waals surface area contributed by atoms with Gasteiger partial charge in [-0.05, 0) is 54.4 Å². The number of aliphatic imine (C=N–C) groups is 2. The van der Waals surface area contributed by atoms with E-state index in [4.69, 9.17) is 19.5 Å². The van der Waals surface area contributed by atoms with Gasteiger partial charge in [-0.25, -0.2) is 9.97 Å². The second-order valence-electron chi connectivity index (χ2n) is 11.3. The fraction of sp³-hybridized carbons (Fsp3) is 0.314. The Labute approximate surface area is 266 Å². The molecule has 44 heavy (non-hydrogen) atoms. The summed E-state index contributed by atoms with van der Waals surface area (Å²) >= 11 is 3.53. The number of anilines is 2. The van der Waals surface area contributed by atoms with E-state index in [0.29, 0.717) is 0 Å². The lowest BCUT2D eigenvalue weighted by atomic mass is 9.99. The third-order valence-electron chi connectivity index (χ3n) is 8.36. The van der Waals surface area contributed by atoms with Crippen LogP contribution in [0.1, 0.15) is 38.9 Å². The lowest BCUT2D eigenvalue weighted by Crippen LogP contribution is -2.36. The summed E-state index contributed by atoms with van der Waals surface area (Å²) in [6.45, 7) is 10.3. The van der Waals surface area contributed by atoms with Crippen molar-refractivity contribution < 1.29 is 9.47 Å². The third-order valence-corrected chi connectivity index (χ3v) is 8.85. The van der Waals surface area contributed by atoms with Crippen molar-refractivity contribution in [2.45, 2.75) is 20.0 Å². The number of rotatable bonds is 4. The largest absolute Gasteiger partial charge is 0.378 e. The van der Waals surface area contributed by atoms with Gasteiger partial charge in [-0.2, -0.15) is 0 Å². The molecule has 0 radical (unpaired) electrons. The Bertz CT molecular complexity index is 1600. The lowest BCUT2D eigenvalue weighted by Gasteiger charge is -2.28. The standard InChI is InChI=1S/C18H19N3O.C17H16BrN3O/c1-13-2-3-16-15(10-13)12-20-18(16)14-4-5-19-17(11-14)21-6-8-22-9-7-21;18-14-1-2-15-13(9-14)11-20-17(15)12-3-4-19-16(10-12)21-5-7-22-8-6-21/h2-5,10-11H,6-9,12H2,1H3;1-4,9-10H,5-8,11H2. The van der Waals surface area contributed by atoms with Gasteiger partial charge in [0.2, 0.25) is 0 Å². The first-order valence-electron chi connectivity index (χ1n) is 15.2. The van der Waals surface area contributed by atoms with Crippen LogP contribution in [-0.4, -0.2) is 74.0 Å². The van der Waals surface area contributed by atoms with Crippen LogP contribution in [0.3, 0.4) is 0 Å². The normalized spacial score (nSPS) is 17.3. The lowest BCUT2D eigenvalue weighted by molar-refractivity contribution is 0.122. The number of hydrogen-bond donors (Lipinski definition) is 0. The van der Waals surface area contributed by atoms with E-state index in [-0.39, 0.29) is 0 Å². The molecule has 2 saturated heterocycles. The average molecular weight is 652 g/mol. The first-order valence-corrected chi connectivity index (χ1v) is 16.0. The van der Waals surface area contributed by atoms with Gasteiger partial charge in [-0.15, -0.1) is 0 Å². The molecule has 4 aromatic rings. The molecule has 4 aliphatic heterocycles. The molecule has 0 aliphatic carbocycles. The summed E-state index contributed by atoms with van der Waals surface area (Å²) in [7, 11) is 0. The minimum Gasteiger partial charge on any atom is -0.378 e. The van der Waals surface area contributed by atoms with Gasteiger partial charge in [0.1, 0.15) is 11.6 Å². The van der Waals surface area contributed by atoms with Crippen LogP contribution in [0, 0.1) is 6.92 Å². The van der Waals surface area contributed by atoms with Gasteiger partial charge in [0.25, 0.3) is 0 Å². The molecule has 0 bridgehead atoms. The number of hydrogen-bond acceptors (Lipinski definition) is 8. The highest BCUT2D eigenvalue weighted by molar-refractivity contribution is 9.10. The van der Waals surface area contributed by atoms with Crippen molar-refractivity contribution in [1.82, 2.24) is 9.97 Å². The van der Waals surface area contributed by atoms with Crippen LogP contribution in [0.15, 0.2) is 87.5 Å². The minimum atomic E-state index is 0.749. The number of pyridine rings is 2. The molecular weight excluding hydrogens is 616 g/mol. The van der Waals surface area contributed by atoms with E-state index in [1.165, 1.54) is 27.8 Å². The summed E-state index contributed by atoms with van der Waals surface area (Å²) in [4.78, 5) is 23.1. The number of benzene rings is 2. The fourth-order valence-corrected chi connectivity index (χ4v) is 6.47. The summed E-state index contributed by atoms with van der Waals surface area (Å²) in [5.74, 6) is 2.03. The van der Waals surface area contributed by atoms with E-state index >= 15 is 0 Å². The molecule has 9 heteroatoms. The molecule has 4 aliphatic rings. The third kappa shape index (κ3) is 6.18. The quantitative estimate of drug-likeness (QED) is 0.286. The smallest absolute Gasteiger partial charge is 0.129 e. The summed E-state index contributed by atoms with van der Waals surface area (Å²) < 4.78 is 11.9. The Morgan fingerprint density at radius 3 is 1.66 bits per heavy atom. The van der Waals surface area contributed by atoms with Crippen LogP contribution < -0.4 is 9.80 Å². The average Bonchev–Trinajstić information content (AvgIpc) is 3.70. The predicted octanol–water partition coefficient (Wildman–Crippen LogP) is 5.61. The Hall–Kier alpha value is -3.92. The zero-order chi connectivity index (χ0) is 29.9. The van der Waals surface area contributed by atoms with Crippen molar-refractivity contribution in [3.63, 3.8) is 0 Å². The molecule has 0 amide bonds. The maximum Gasteiger partial charge on any atom is 0.129 e. The van der Waals surface area contributed by atoms with Gasteiger partial charge in [-0.1, -0.05) is 45.8 Å². The summed E-state index contributed by atoms with van der Waals surface area (Å²) in [5.41, 5.74) is 10.8. The first-order chi connectivity index (χ1) is 21.6. The van der Waals surface area contributed by atoms with E-state index in [1.54, 1.807) is 0 Å². The molecule has 224 valence electrons. The van der Waals surface area contributed by atoms with Crippen molar-refractivity contribution in [1.29, 1.82) is 0 Å². The Morgan fingerprint density at radius 2 is 1.11 bits per heavy atom. The maximum atomic E-state index is 5.42. The van der Waals surface area contributed by atoms with Crippen molar-refractivity contribution in [3.8, 4) is 0 Å². The highest BCUT2D eigenvalue weighted by Gasteiger charge is 2.21. The van der Waals surface area contributed by atoms with E-state index < -0.39 is 0 Å². The van der Waals surface area contributed by atoms with Gasteiger partial charge in [0.15, 0.2) is 0 Å². The molecule has 8 rings (SSSR count). The number of ether oxygens (including phenoxy) is 2. The number of aromatic nitrogens is 2. The molecular formula is C35H35BrN6O2. The molecule has 0 saturated carbocycles. The molecule has 0 N–H and O–H groups in total. The maximum absolute atomic E-state index is 5.42. The van der Waals surface area contributed by atoms with E-state index in [2.05, 4.69) is 97.2 Å². The number of morpholine rings is 2. The topological polar surface area (TPSA) is 75.4 Å². The molecule has 0 atom stereocenters. The molecule has 2 aromatic carbocycles. The van der Waals surface area contributed by atoms with Crippen molar-refractivity contribution in [2.75, 3.05) is 62.4 Å². The fourth-order valence-electron chi connectivity index (χ4n) is 6.06. The molecule has 2 fully saturated rings. The van der Waals surface area contributed by atoms with Gasteiger partial charge >= 0.3 is 0 Å². The van der Waals surface area contributed by atoms with Gasteiger partial charge in [0, 0.05) is 65.3 Å². The molecule has 0 unspecified atom stereocenters. The van der Waals surface area contributed by atoms with Crippen molar-refractivity contribution in [2.24, 2.45) is 9.98 Å². The first kappa shape index (κ1) is 28.8. The van der Waals surface area contributed by atoms with Crippen LogP contribution in [0.2, 0.25) is 0 Å². The predicted molar refractivity (Wildman–Crippen MR) is 179 cm³/mol.